The molecule has 0 amide bonds. The molecular formula is C17H14F3NS. The van der Waals surface area contributed by atoms with Crippen molar-refractivity contribution in [3.63, 3.8) is 0 Å². The largest absolute Gasteiger partial charge is 0.416 e. The molecule has 2 aromatic carbocycles. The monoisotopic (exact) mass is 321 g/mol. The second-order valence-electron chi connectivity index (χ2n) is 4.57. The smallest absolute Gasteiger partial charge is 0.399 e. The summed E-state index contributed by atoms with van der Waals surface area (Å²) < 4.78 is 39.0. The fraction of sp³-hybridized carbons (Fsp3) is 0.0588. The molecule has 0 aliphatic rings. The number of rotatable bonds is 4. The maximum atomic E-state index is 13.0. The summed E-state index contributed by atoms with van der Waals surface area (Å²) >= 11 is 1.01. The number of benzene rings is 2. The first-order valence-corrected chi connectivity index (χ1v) is 7.24. The lowest BCUT2D eigenvalue weighted by Crippen LogP contribution is -2.11. The number of nitrogens with two attached hydrogens (primary N) is 1. The summed E-state index contributed by atoms with van der Waals surface area (Å²) in [6.45, 7) is 3.20. The maximum absolute atomic E-state index is 13.0. The molecule has 0 bridgehead atoms. The number of hydrogen-bond donors (Lipinski definition) is 1. The molecule has 0 aromatic heterocycles. The minimum absolute atomic E-state index is 0.0588. The lowest BCUT2D eigenvalue weighted by molar-refractivity contribution is -0.0880. The van der Waals surface area contributed by atoms with Crippen molar-refractivity contribution in [2.45, 2.75) is 11.1 Å². The predicted octanol–water partition coefficient (Wildman–Crippen LogP) is 5.52. The molecule has 0 radical (unpaired) electrons. The Balaban J connectivity index is 2.35. The molecule has 0 fully saturated rings. The van der Waals surface area contributed by atoms with E-state index in [4.69, 9.17) is 5.73 Å². The highest BCUT2D eigenvalue weighted by Gasteiger charge is 2.34. The predicted molar refractivity (Wildman–Crippen MR) is 86.3 cm³/mol. The lowest BCUT2D eigenvalue weighted by atomic mass is 10.1. The molecule has 0 saturated heterocycles. The van der Waals surface area contributed by atoms with Crippen LogP contribution in [0.3, 0.4) is 0 Å². The molecule has 22 heavy (non-hydrogen) atoms. The summed E-state index contributed by atoms with van der Waals surface area (Å²) in [5, 5.41) is 0. The summed E-state index contributed by atoms with van der Waals surface area (Å²) in [6.07, 6.45) is -2.99. The molecule has 0 spiro atoms. The SMILES string of the molecule is C=C(/C(=C\c1ccccc1)Sc1ccc(N)cc1)C(F)(F)F. The summed E-state index contributed by atoms with van der Waals surface area (Å²) in [6, 6.07) is 15.5. The number of hydrogen-bond acceptors (Lipinski definition) is 2. The molecular weight excluding hydrogens is 307 g/mol. The molecule has 2 rings (SSSR count). The molecule has 0 aliphatic heterocycles. The van der Waals surface area contributed by atoms with Gasteiger partial charge >= 0.3 is 6.18 Å². The lowest BCUT2D eigenvalue weighted by Gasteiger charge is -2.14. The number of alkyl halides is 3. The second-order valence-corrected chi connectivity index (χ2v) is 5.68. The number of nitrogen functional groups attached to an aromatic ring is 1. The van der Waals surface area contributed by atoms with Gasteiger partial charge in [0.1, 0.15) is 0 Å². The van der Waals surface area contributed by atoms with Crippen molar-refractivity contribution in [3.8, 4) is 0 Å². The molecule has 1 nitrogen and oxygen atoms in total. The number of anilines is 1. The van der Waals surface area contributed by atoms with Gasteiger partial charge < -0.3 is 5.73 Å². The van der Waals surface area contributed by atoms with Crippen LogP contribution in [0.15, 0.2) is 76.5 Å². The van der Waals surface area contributed by atoms with Crippen LogP contribution in [0.5, 0.6) is 0 Å². The zero-order chi connectivity index (χ0) is 16.2. The fourth-order valence-electron chi connectivity index (χ4n) is 1.68. The highest BCUT2D eigenvalue weighted by molar-refractivity contribution is 8.03. The van der Waals surface area contributed by atoms with E-state index < -0.39 is 11.7 Å². The highest BCUT2D eigenvalue weighted by Crippen LogP contribution is 2.40. The fourth-order valence-corrected chi connectivity index (χ4v) is 2.64. The van der Waals surface area contributed by atoms with E-state index in [0.29, 0.717) is 16.1 Å². The van der Waals surface area contributed by atoms with E-state index in [9.17, 15) is 13.2 Å². The quantitative estimate of drug-likeness (QED) is 0.456. The normalized spacial score (nSPS) is 12.2. The first kappa shape index (κ1) is 16.2. The third-order valence-electron chi connectivity index (χ3n) is 2.84. The van der Waals surface area contributed by atoms with Gasteiger partial charge in [-0.3, -0.25) is 0 Å². The standard InChI is InChI=1S/C17H14F3NS/c1-12(17(18,19)20)16(11-13-5-3-2-4-6-13)22-15-9-7-14(21)8-10-15/h2-11H,1,21H2/b16-11+. The van der Waals surface area contributed by atoms with Crippen LogP contribution < -0.4 is 5.73 Å². The Bertz CT molecular complexity index is 673. The van der Waals surface area contributed by atoms with Crippen molar-refractivity contribution in [2.75, 3.05) is 5.73 Å². The number of thioether (sulfide) groups is 1. The third-order valence-corrected chi connectivity index (χ3v) is 3.94. The summed E-state index contributed by atoms with van der Waals surface area (Å²) in [5.74, 6) is 0. The molecule has 0 atom stereocenters. The van der Waals surface area contributed by atoms with Crippen LogP contribution >= 0.6 is 11.8 Å². The van der Waals surface area contributed by atoms with E-state index in [-0.39, 0.29) is 4.91 Å². The summed E-state index contributed by atoms with van der Waals surface area (Å²) in [5.41, 5.74) is 5.97. The van der Waals surface area contributed by atoms with Crippen LogP contribution in [0.4, 0.5) is 18.9 Å². The molecule has 2 N–H and O–H groups in total. The van der Waals surface area contributed by atoms with Gasteiger partial charge in [0.25, 0.3) is 0 Å². The topological polar surface area (TPSA) is 26.0 Å². The number of halogens is 3. The molecule has 0 aliphatic carbocycles. The third kappa shape index (κ3) is 4.43. The molecule has 2 aromatic rings. The van der Waals surface area contributed by atoms with Crippen LogP contribution in [-0.2, 0) is 0 Å². The van der Waals surface area contributed by atoms with Crippen LogP contribution in [-0.4, -0.2) is 6.18 Å². The van der Waals surface area contributed by atoms with E-state index in [0.717, 1.165) is 11.8 Å². The van der Waals surface area contributed by atoms with E-state index in [1.165, 1.54) is 6.08 Å². The van der Waals surface area contributed by atoms with Gasteiger partial charge in [-0.25, -0.2) is 0 Å². The van der Waals surface area contributed by atoms with Crippen molar-refractivity contribution < 1.29 is 13.2 Å². The zero-order valence-corrected chi connectivity index (χ0v) is 12.4. The summed E-state index contributed by atoms with van der Waals surface area (Å²) in [4.78, 5) is 0.727. The first-order valence-electron chi connectivity index (χ1n) is 6.43. The van der Waals surface area contributed by atoms with Gasteiger partial charge in [-0.1, -0.05) is 48.7 Å². The molecule has 5 heteroatoms. The summed E-state index contributed by atoms with van der Waals surface area (Å²) in [7, 11) is 0. The zero-order valence-electron chi connectivity index (χ0n) is 11.6. The van der Waals surface area contributed by atoms with E-state index in [2.05, 4.69) is 6.58 Å². The Kier molecular flexibility index (Phi) is 4.98. The Labute approximate surface area is 131 Å². The molecule has 0 unspecified atom stereocenters. The van der Waals surface area contributed by atoms with Crippen molar-refractivity contribution in [1.29, 1.82) is 0 Å². The maximum Gasteiger partial charge on any atom is 0.416 e. The minimum Gasteiger partial charge on any atom is -0.399 e. The Morgan fingerprint density at radius 2 is 1.59 bits per heavy atom. The van der Waals surface area contributed by atoms with Crippen molar-refractivity contribution >= 4 is 23.5 Å². The van der Waals surface area contributed by atoms with Crippen molar-refractivity contribution in [2.24, 2.45) is 0 Å². The average molecular weight is 321 g/mol. The van der Waals surface area contributed by atoms with Gasteiger partial charge in [-0.15, -0.1) is 0 Å². The van der Waals surface area contributed by atoms with Crippen LogP contribution in [0, 0.1) is 0 Å². The first-order chi connectivity index (χ1) is 10.4. The molecule has 114 valence electrons. The Hall–Kier alpha value is -2.14. The molecule has 0 heterocycles. The van der Waals surface area contributed by atoms with Crippen LogP contribution in [0.1, 0.15) is 5.56 Å². The number of allylic oxidation sites excluding steroid dienone is 1. The van der Waals surface area contributed by atoms with Crippen molar-refractivity contribution in [3.05, 3.63) is 77.2 Å². The van der Waals surface area contributed by atoms with Gasteiger partial charge in [-0.05, 0) is 35.9 Å². The Morgan fingerprint density at radius 3 is 2.14 bits per heavy atom. The minimum atomic E-state index is -4.47. The van der Waals surface area contributed by atoms with Gasteiger partial charge in [0.2, 0.25) is 0 Å². The second kappa shape index (κ2) is 6.75. The van der Waals surface area contributed by atoms with Gasteiger partial charge in [0, 0.05) is 15.5 Å². The average Bonchev–Trinajstić information content (AvgIpc) is 2.48. The van der Waals surface area contributed by atoms with E-state index in [1.54, 1.807) is 48.5 Å². The van der Waals surface area contributed by atoms with Gasteiger partial charge in [0.05, 0.1) is 5.57 Å². The van der Waals surface area contributed by atoms with Gasteiger partial charge in [0.15, 0.2) is 0 Å². The highest BCUT2D eigenvalue weighted by atomic mass is 32.2. The Morgan fingerprint density at radius 1 is 1.00 bits per heavy atom. The van der Waals surface area contributed by atoms with E-state index in [1.807, 2.05) is 6.07 Å². The van der Waals surface area contributed by atoms with E-state index >= 15 is 0 Å². The molecule has 0 saturated carbocycles. The van der Waals surface area contributed by atoms with Crippen LogP contribution in [0.2, 0.25) is 0 Å². The van der Waals surface area contributed by atoms with Crippen LogP contribution in [0.25, 0.3) is 6.08 Å². The van der Waals surface area contributed by atoms with Gasteiger partial charge in [-0.2, -0.15) is 13.2 Å². The van der Waals surface area contributed by atoms with Crippen molar-refractivity contribution in [1.82, 2.24) is 0 Å².